The number of carbonyl (C=O) groups excluding carboxylic acids is 2. The summed E-state index contributed by atoms with van der Waals surface area (Å²) in [5.74, 6) is -0.743. The monoisotopic (exact) mass is 271 g/mol. The molecule has 1 aliphatic rings. The van der Waals surface area contributed by atoms with Crippen LogP contribution in [0.5, 0.6) is 0 Å². The van der Waals surface area contributed by atoms with E-state index in [9.17, 15) is 9.59 Å². The molecule has 1 fully saturated rings. The van der Waals surface area contributed by atoms with Crippen LogP contribution >= 0.6 is 0 Å². The number of rotatable bonds is 7. The molecule has 0 aliphatic carbocycles. The van der Waals surface area contributed by atoms with Crippen LogP contribution in [0.2, 0.25) is 0 Å². The summed E-state index contributed by atoms with van der Waals surface area (Å²) < 4.78 is 14.1. The van der Waals surface area contributed by atoms with Crippen molar-refractivity contribution >= 4 is 11.9 Å². The average molecular weight is 271 g/mol. The highest BCUT2D eigenvalue weighted by atomic mass is 16.6. The van der Waals surface area contributed by atoms with Gasteiger partial charge in [-0.2, -0.15) is 0 Å². The van der Waals surface area contributed by atoms with E-state index in [0.29, 0.717) is 19.8 Å². The summed E-state index contributed by atoms with van der Waals surface area (Å²) in [6, 6.07) is 0. The molecule has 6 heteroatoms. The van der Waals surface area contributed by atoms with Gasteiger partial charge in [-0.1, -0.05) is 13.2 Å². The quantitative estimate of drug-likeness (QED) is 0.379. The molecule has 1 saturated heterocycles. The van der Waals surface area contributed by atoms with E-state index in [0.717, 1.165) is 18.7 Å². The van der Waals surface area contributed by atoms with Gasteiger partial charge in [0.1, 0.15) is 19.3 Å². The van der Waals surface area contributed by atoms with Gasteiger partial charge in [-0.15, -0.1) is 0 Å². The van der Waals surface area contributed by atoms with E-state index >= 15 is 0 Å². The summed E-state index contributed by atoms with van der Waals surface area (Å²) in [7, 11) is 3.84. The third-order valence-electron chi connectivity index (χ3n) is 1.93. The smallest absolute Gasteiger partial charge is 0.330 e. The fourth-order valence-corrected chi connectivity index (χ4v) is 0.786. The van der Waals surface area contributed by atoms with Crippen LogP contribution in [0.1, 0.15) is 0 Å². The number of ether oxygens (including phenoxy) is 3. The maximum absolute atomic E-state index is 10.4. The molecule has 6 nitrogen and oxygen atoms in total. The summed E-state index contributed by atoms with van der Waals surface area (Å²) in [4.78, 5) is 22.7. The molecular formula is C13H21NO5. The van der Waals surface area contributed by atoms with Crippen molar-refractivity contribution in [1.29, 1.82) is 0 Å². The van der Waals surface area contributed by atoms with Crippen LogP contribution in [0, 0.1) is 0 Å². The number of hydrogen-bond acceptors (Lipinski definition) is 6. The number of esters is 2. The molecule has 0 aromatic rings. The third-order valence-corrected chi connectivity index (χ3v) is 1.93. The van der Waals surface area contributed by atoms with Crippen LogP contribution < -0.4 is 0 Å². The first-order valence-electron chi connectivity index (χ1n) is 5.84. The third kappa shape index (κ3) is 12.6. The Morgan fingerprint density at radius 3 is 2.21 bits per heavy atom. The second-order valence-electron chi connectivity index (χ2n) is 3.96. The van der Waals surface area contributed by atoms with Gasteiger partial charge < -0.3 is 19.1 Å². The van der Waals surface area contributed by atoms with E-state index in [1.807, 2.05) is 19.0 Å². The molecule has 1 atom stereocenters. The van der Waals surface area contributed by atoms with Gasteiger partial charge in [-0.05, 0) is 14.1 Å². The van der Waals surface area contributed by atoms with Gasteiger partial charge in [0, 0.05) is 18.7 Å². The summed E-state index contributed by atoms with van der Waals surface area (Å²) in [5.41, 5.74) is 0. The second-order valence-corrected chi connectivity index (χ2v) is 3.96. The minimum Gasteiger partial charge on any atom is -0.461 e. The van der Waals surface area contributed by atoms with Crippen LogP contribution in [0.25, 0.3) is 0 Å². The summed E-state index contributed by atoms with van der Waals surface area (Å²) >= 11 is 0. The largest absolute Gasteiger partial charge is 0.461 e. The summed E-state index contributed by atoms with van der Waals surface area (Å²) in [6.07, 6.45) is 2.45. The van der Waals surface area contributed by atoms with Gasteiger partial charge in [0.05, 0.1) is 6.61 Å². The zero-order chi connectivity index (χ0) is 14.7. The maximum atomic E-state index is 10.4. The highest BCUT2D eigenvalue weighted by Crippen LogP contribution is 2.08. The lowest BCUT2D eigenvalue weighted by Gasteiger charge is -2.07. The number of carbonyl (C=O) groups is 2. The van der Waals surface area contributed by atoms with Gasteiger partial charge in [0.15, 0.2) is 0 Å². The second kappa shape index (κ2) is 10.3. The van der Waals surface area contributed by atoms with Crippen molar-refractivity contribution < 1.29 is 23.8 Å². The van der Waals surface area contributed by atoms with E-state index in [1.54, 1.807) is 0 Å². The van der Waals surface area contributed by atoms with E-state index < -0.39 is 0 Å². The molecule has 0 aromatic carbocycles. The van der Waals surface area contributed by atoms with Gasteiger partial charge in [0.2, 0.25) is 0 Å². The van der Waals surface area contributed by atoms with Crippen LogP contribution in [-0.2, 0) is 23.8 Å². The van der Waals surface area contributed by atoms with Gasteiger partial charge in [-0.3, -0.25) is 0 Å². The molecule has 19 heavy (non-hydrogen) atoms. The molecule has 0 saturated carbocycles. The van der Waals surface area contributed by atoms with Crippen LogP contribution in [-0.4, -0.2) is 63.4 Å². The molecule has 1 heterocycles. The van der Waals surface area contributed by atoms with Gasteiger partial charge in [-0.25, -0.2) is 9.59 Å². The van der Waals surface area contributed by atoms with Crippen molar-refractivity contribution in [2.75, 3.05) is 40.5 Å². The number of likely N-dealkylation sites (N-methyl/N-ethyl adjacent to an activating group) is 1. The van der Waals surface area contributed by atoms with E-state index in [2.05, 4.69) is 17.9 Å². The zero-order valence-electron chi connectivity index (χ0n) is 11.5. The highest BCUT2D eigenvalue weighted by Gasteiger charge is 2.23. The fourth-order valence-electron chi connectivity index (χ4n) is 0.786. The number of epoxide rings is 1. The Bertz CT molecular complexity index is 310. The van der Waals surface area contributed by atoms with Crippen molar-refractivity contribution in [1.82, 2.24) is 4.90 Å². The Hall–Kier alpha value is -1.66. The molecule has 0 N–H and O–H groups in total. The van der Waals surface area contributed by atoms with Crippen molar-refractivity contribution in [3.05, 3.63) is 25.3 Å². The summed E-state index contributed by atoms with van der Waals surface area (Å²) in [6.45, 7) is 8.77. The van der Waals surface area contributed by atoms with Crippen molar-refractivity contribution in [3.63, 3.8) is 0 Å². The first-order chi connectivity index (χ1) is 8.99. The van der Waals surface area contributed by atoms with Gasteiger partial charge in [0.25, 0.3) is 0 Å². The van der Waals surface area contributed by atoms with E-state index in [1.165, 1.54) is 0 Å². The Labute approximate surface area is 113 Å². The molecule has 1 rings (SSSR count). The van der Waals surface area contributed by atoms with Crippen molar-refractivity contribution in [2.24, 2.45) is 0 Å². The van der Waals surface area contributed by atoms with Crippen LogP contribution in [0.15, 0.2) is 25.3 Å². The topological polar surface area (TPSA) is 68.4 Å². The lowest BCUT2D eigenvalue weighted by atomic mass is 10.5. The molecular weight excluding hydrogens is 250 g/mol. The van der Waals surface area contributed by atoms with Crippen molar-refractivity contribution in [3.8, 4) is 0 Å². The lowest BCUT2D eigenvalue weighted by molar-refractivity contribution is -0.139. The predicted octanol–water partition coefficient (Wildman–Crippen LogP) is 0.392. The standard InChI is InChI=1S/C7H13NO2.C6H8O3/c1-4-7(9)10-6-5-8(2)3;1-2-6(7)9-4-5-3-8-5/h4H,1,5-6H2,2-3H3;2,5H,1,3-4H2. The Morgan fingerprint density at radius 1 is 1.26 bits per heavy atom. The molecule has 0 spiro atoms. The van der Waals surface area contributed by atoms with E-state index in [-0.39, 0.29) is 18.0 Å². The lowest BCUT2D eigenvalue weighted by Crippen LogP contribution is -2.19. The normalized spacial score (nSPS) is 15.8. The molecule has 0 radical (unpaired) electrons. The first kappa shape index (κ1) is 17.3. The minimum absolute atomic E-state index is 0.147. The average Bonchev–Trinajstić information content (AvgIpc) is 3.20. The Kier molecular flexibility index (Phi) is 9.38. The molecule has 108 valence electrons. The number of nitrogens with zero attached hydrogens (tertiary/aromatic N) is 1. The molecule has 0 amide bonds. The maximum Gasteiger partial charge on any atom is 0.330 e. The SMILES string of the molecule is C=CC(=O)OCC1CO1.C=CC(=O)OCCN(C)C. The van der Waals surface area contributed by atoms with Gasteiger partial charge >= 0.3 is 11.9 Å². The first-order valence-corrected chi connectivity index (χ1v) is 5.84. The minimum atomic E-state index is -0.384. The molecule has 0 bridgehead atoms. The molecule has 1 aliphatic heterocycles. The van der Waals surface area contributed by atoms with Crippen LogP contribution in [0.4, 0.5) is 0 Å². The predicted molar refractivity (Wildman–Crippen MR) is 70.6 cm³/mol. The number of hydrogen-bond donors (Lipinski definition) is 0. The zero-order valence-corrected chi connectivity index (χ0v) is 11.5. The Morgan fingerprint density at radius 2 is 1.79 bits per heavy atom. The molecule has 0 aromatic heterocycles. The molecule has 1 unspecified atom stereocenters. The fraction of sp³-hybridized carbons (Fsp3) is 0.538. The van der Waals surface area contributed by atoms with Crippen molar-refractivity contribution in [2.45, 2.75) is 6.10 Å². The van der Waals surface area contributed by atoms with Crippen LogP contribution in [0.3, 0.4) is 0 Å². The van der Waals surface area contributed by atoms with E-state index in [4.69, 9.17) is 9.47 Å². The Balaban J connectivity index is 0.000000342. The summed E-state index contributed by atoms with van der Waals surface area (Å²) in [5, 5.41) is 0. The highest BCUT2D eigenvalue weighted by molar-refractivity contribution is 5.81.